The summed E-state index contributed by atoms with van der Waals surface area (Å²) in [6.45, 7) is 0.0536. The smallest absolute Gasteiger partial charge is 0.336 e. The first-order valence-electron chi connectivity index (χ1n) is 6.68. The lowest BCUT2D eigenvalue weighted by atomic mass is 9.98. The van der Waals surface area contributed by atoms with E-state index in [0.29, 0.717) is 19.3 Å². The van der Waals surface area contributed by atoms with E-state index in [1.807, 2.05) is 0 Å². The number of nitro benzene ring substituents is 2. The summed E-state index contributed by atoms with van der Waals surface area (Å²) in [5.74, 6) is -1.43. The van der Waals surface area contributed by atoms with Gasteiger partial charge in [0.1, 0.15) is 0 Å². The monoisotopic (exact) mass is 312 g/mol. The SMILES string of the molecule is O=C(O)c1cc([N+](=O)[O-])cc([N+](=O)[O-])c1CCCCCCO. The van der Waals surface area contributed by atoms with Gasteiger partial charge in [0, 0.05) is 18.2 Å². The van der Waals surface area contributed by atoms with Crippen molar-refractivity contribution in [1.82, 2.24) is 0 Å². The molecule has 0 fully saturated rings. The fraction of sp³-hybridized carbons (Fsp3) is 0.462. The van der Waals surface area contributed by atoms with Gasteiger partial charge in [0.15, 0.2) is 0 Å². The van der Waals surface area contributed by atoms with E-state index in [9.17, 15) is 25.0 Å². The van der Waals surface area contributed by atoms with Gasteiger partial charge in [-0.25, -0.2) is 4.79 Å². The molecule has 0 saturated heterocycles. The highest BCUT2D eigenvalue weighted by atomic mass is 16.6. The fourth-order valence-corrected chi connectivity index (χ4v) is 2.13. The standard InChI is InChI=1S/C13H16N2O7/c16-6-4-2-1-3-5-10-11(13(17)18)7-9(14(19)20)8-12(10)15(21)22/h7-8,16H,1-6H2,(H,17,18). The van der Waals surface area contributed by atoms with Crippen LogP contribution in [0.4, 0.5) is 11.4 Å². The van der Waals surface area contributed by atoms with E-state index in [2.05, 4.69) is 0 Å². The normalized spacial score (nSPS) is 10.4. The second-order valence-electron chi connectivity index (χ2n) is 4.70. The zero-order chi connectivity index (χ0) is 16.7. The van der Waals surface area contributed by atoms with Gasteiger partial charge in [-0.2, -0.15) is 0 Å². The highest BCUT2D eigenvalue weighted by Gasteiger charge is 2.26. The van der Waals surface area contributed by atoms with Gasteiger partial charge in [-0.1, -0.05) is 12.8 Å². The van der Waals surface area contributed by atoms with Crippen molar-refractivity contribution in [3.63, 3.8) is 0 Å². The van der Waals surface area contributed by atoms with Crippen LogP contribution in [-0.2, 0) is 6.42 Å². The number of carboxylic acid groups (broad SMARTS) is 1. The minimum absolute atomic E-state index is 0.00732. The number of aromatic carboxylic acids is 1. The number of nitrogens with zero attached hydrogens (tertiary/aromatic N) is 2. The van der Waals surface area contributed by atoms with Crippen molar-refractivity contribution in [2.24, 2.45) is 0 Å². The molecule has 0 aliphatic heterocycles. The molecule has 1 aromatic rings. The molecular formula is C13H16N2O7. The molecule has 0 unspecified atom stereocenters. The number of benzene rings is 1. The first-order valence-corrected chi connectivity index (χ1v) is 6.68. The Morgan fingerprint density at radius 2 is 1.68 bits per heavy atom. The highest BCUT2D eigenvalue weighted by Crippen LogP contribution is 2.30. The number of non-ortho nitro benzene ring substituents is 1. The molecule has 0 atom stereocenters. The first kappa shape index (κ1) is 17.5. The molecule has 9 nitrogen and oxygen atoms in total. The molecule has 0 aliphatic rings. The van der Waals surface area contributed by atoms with Crippen LogP contribution in [0.15, 0.2) is 12.1 Å². The van der Waals surface area contributed by atoms with Crippen LogP contribution < -0.4 is 0 Å². The molecule has 1 rings (SSSR count). The lowest BCUT2D eigenvalue weighted by molar-refractivity contribution is -0.394. The second-order valence-corrected chi connectivity index (χ2v) is 4.70. The van der Waals surface area contributed by atoms with Gasteiger partial charge in [-0.3, -0.25) is 20.2 Å². The first-order chi connectivity index (χ1) is 10.4. The zero-order valence-corrected chi connectivity index (χ0v) is 11.7. The lowest BCUT2D eigenvalue weighted by Crippen LogP contribution is -2.08. The van der Waals surface area contributed by atoms with Crippen molar-refractivity contribution in [3.8, 4) is 0 Å². The molecule has 22 heavy (non-hydrogen) atoms. The zero-order valence-electron chi connectivity index (χ0n) is 11.7. The molecule has 2 N–H and O–H groups in total. The third kappa shape index (κ3) is 4.48. The molecule has 1 aromatic carbocycles. The van der Waals surface area contributed by atoms with Crippen molar-refractivity contribution in [2.75, 3.05) is 6.61 Å². The number of hydrogen-bond acceptors (Lipinski definition) is 6. The van der Waals surface area contributed by atoms with Gasteiger partial charge in [0.2, 0.25) is 0 Å². The van der Waals surface area contributed by atoms with Crippen molar-refractivity contribution in [3.05, 3.63) is 43.5 Å². The van der Waals surface area contributed by atoms with E-state index in [0.717, 1.165) is 18.6 Å². The largest absolute Gasteiger partial charge is 0.478 e. The minimum Gasteiger partial charge on any atom is -0.478 e. The molecule has 9 heteroatoms. The van der Waals surface area contributed by atoms with Gasteiger partial charge in [-0.15, -0.1) is 0 Å². The Morgan fingerprint density at radius 1 is 1.05 bits per heavy atom. The van der Waals surface area contributed by atoms with Gasteiger partial charge in [0.05, 0.1) is 21.5 Å². The number of aliphatic hydroxyl groups is 1. The molecule has 0 amide bonds. The Kier molecular flexibility index (Phi) is 6.39. The summed E-state index contributed by atoms with van der Waals surface area (Å²) >= 11 is 0. The van der Waals surface area contributed by atoms with Gasteiger partial charge in [0.25, 0.3) is 11.4 Å². The molecule has 0 aromatic heterocycles. The lowest BCUT2D eigenvalue weighted by Gasteiger charge is -2.07. The summed E-state index contributed by atoms with van der Waals surface area (Å²) in [6.07, 6.45) is 2.64. The Bertz CT molecular complexity index is 551. The van der Waals surface area contributed by atoms with Crippen LogP contribution in [0.1, 0.15) is 41.6 Å². The van der Waals surface area contributed by atoms with Crippen LogP contribution in [-0.4, -0.2) is 32.6 Å². The molecule has 0 bridgehead atoms. The van der Waals surface area contributed by atoms with Crippen LogP contribution in [0.5, 0.6) is 0 Å². The summed E-state index contributed by atoms with van der Waals surface area (Å²) < 4.78 is 0. The average molecular weight is 312 g/mol. The number of hydrogen-bond donors (Lipinski definition) is 2. The van der Waals surface area contributed by atoms with E-state index in [4.69, 9.17) is 10.2 Å². The number of carboxylic acids is 1. The summed E-state index contributed by atoms with van der Waals surface area (Å²) in [4.78, 5) is 31.4. The third-order valence-corrected chi connectivity index (χ3v) is 3.18. The maximum Gasteiger partial charge on any atom is 0.336 e. The van der Waals surface area contributed by atoms with Gasteiger partial charge < -0.3 is 10.2 Å². The summed E-state index contributed by atoms with van der Waals surface area (Å²) in [5, 5.41) is 39.6. The summed E-state index contributed by atoms with van der Waals surface area (Å²) in [6, 6.07) is 1.63. The molecule has 0 aliphatic carbocycles. The Balaban J connectivity index is 3.13. The van der Waals surface area contributed by atoms with Crippen molar-refractivity contribution in [2.45, 2.75) is 32.1 Å². The van der Waals surface area contributed by atoms with Crippen LogP contribution in [0.3, 0.4) is 0 Å². The van der Waals surface area contributed by atoms with Crippen molar-refractivity contribution >= 4 is 17.3 Å². The Labute approximate surface area is 125 Å². The maximum atomic E-state index is 11.2. The minimum atomic E-state index is -1.43. The maximum absolute atomic E-state index is 11.2. The Morgan fingerprint density at radius 3 is 2.18 bits per heavy atom. The van der Waals surface area contributed by atoms with Crippen molar-refractivity contribution in [1.29, 1.82) is 0 Å². The van der Waals surface area contributed by atoms with E-state index in [-0.39, 0.29) is 18.6 Å². The molecule has 0 heterocycles. The highest BCUT2D eigenvalue weighted by molar-refractivity contribution is 5.91. The van der Waals surface area contributed by atoms with Crippen molar-refractivity contribution < 1.29 is 24.9 Å². The van der Waals surface area contributed by atoms with E-state index in [1.165, 1.54) is 0 Å². The van der Waals surface area contributed by atoms with E-state index >= 15 is 0 Å². The van der Waals surface area contributed by atoms with Gasteiger partial charge >= 0.3 is 5.97 Å². The number of nitro groups is 2. The van der Waals surface area contributed by atoms with E-state index < -0.39 is 32.8 Å². The topological polar surface area (TPSA) is 144 Å². The van der Waals surface area contributed by atoms with Crippen LogP contribution in [0.25, 0.3) is 0 Å². The van der Waals surface area contributed by atoms with Crippen LogP contribution in [0, 0.1) is 20.2 Å². The van der Waals surface area contributed by atoms with E-state index in [1.54, 1.807) is 0 Å². The number of rotatable bonds is 9. The average Bonchev–Trinajstić information content (AvgIpc) is 2.45. The quantitative estimate of drug-likeness (QED) is 0.404. The summed E-state index contributed by atoms with van der Waals surface area (Å²) in [7, 11) is 0. The predicted molar refractivity (Wildman–Crippen MR) is 76.0 cm³/mol. The molecular weight excluding hydrogens is 296 g/mol. The molecule has 0 radical (unpaired) electrons. The molecule has 120 valence electrons. The third-order valence-electron chi connectivity index (χ3n) is 3.18. The fourth-order valence-electron chi connectivity index (χ4n) is 2.13. The predicted octanol–water partition coefficient (Wildman–Crippen LogP) is 2.30. The van der Waals surface area contributed by atoms with Crippen LogP contribution in [0.2, 0.25) is 0 Å². The molecule has 0 saturated carbocycles. The number of carbonyl (C=O) groups is 1. The molecule has 0 spiro atoms. The second kappa shape index (κ2) is 8.03. The number of unbranched alkanes of at least 4 members (excludes halogenated alkanes) is 3. The van der Waals surface area contributed by atoms with Crippen LogP contribution >= 0.6 is 0 Å². The Hall–Kier alpha value is -2.55. The van der Waals surface area contributed by atoms with Gasteiger partial charge in [-0.05, 0) is 19.3 Å². The summed E-state index contributed by atoms with van der Waals surface area (Å²) in [5.41, 5.74) is -1.59. The number of aliphatic hydroxyl groups excluding tert-OH is 1.